The van der Waals surface area contributed by atoms with Crippen molar-refractivity contribution in [1.82, 2.24) is 10.2 Å². The lowest BCUT2D eigenvalue weighted by Gasteiger charge is -2.32. The van der Waals surface area contributed by atoms with E-state index < -0.39 is 29.3 Å². The number of nitrogens with zero attached hydrogens (tertiary/aromatic N) is 1. The minimum absolute atomic E-state index is 0.00356. The number of hydrogen-bond donors (Lipinski definition) is 1. The Hall–Kier alpha value is -2.05. The van der Waals surface area contributed by atoms with Gasteiger partial charge in [-0.25, -0.2) is 13.2 Å². The Morgan fingerprint density at radius 1 is 1.00 bits per heavy atom. The molecule has 0 bridgehead atoms. The molecule has 0 amide bonds. The third-order valence-corrected chi connectivity index (χ3v) is 5.19. The monoisotopic (exact) mass is 362 g/mol. The summed E-state index contributed by atoms with van der Waals surface area (Å²) in [4.78, 5) is 2.32. The Morgan fingerprint density at radius 2 is 1.77 bits per heavy atom. The Kier molecular flexibility index (Phi) is 4.87. The highest BCUT2D eigenvalue weighted by Gasteiger charge is 2.38. The first kappa shape index (κ1) is 17.4. The fraction of sp³-hybridized carbons (Fsp3) is 0.400. The molecule has 6 heteroatoms. The first-order valence-electron chi connectivity index (χ1n) is 8.97. The van der Waals surface area contributed by atoms with Crippen molar-refractivity contribution in [3.05, 3.63) is 65.0 Å². The third kappa shape index (κ3) is 3.31. The summed E-state index contributed by atoms with van der Waals surface area (Å²) < 4.78 is 47.4. The van der Waals surface area contributed by atoms with Crippen LogP contribution in [0.25, 0.3) is 0 Å². The highest BCUT2D eigenvalue weighted by Crippen LogP contribution is 2.39. The summed E-state index contributed by atoms with van der Waals surface area (Å²) in [6.45, 7) is 3.59. The van der Waals surface area contributed by atoms with Crippen LogP contribution in [0.3, 0.4) is 0 Å². The minimum atomic E-state index is -1.01. The quantitative estimate of drug-likeness (QED) is 0.905. The molecule has 0 aromatic heterocycles. The molecule has 1 aliphatic carbocycles. The Labute approximate surface area is 150 Å². The molecule has 0 unspecified atom stereocenters. The van der Waals surface area contributed by atoms with E-state index in [9.17, 15) is 13.2 Å². The first-order chi connectivity index (χ1) is 12.6. The summed E-state index contributed by atoms with van der Waals surface area (Å²) in [5, 5.41) is 3.37. The van der Waals surface area contributed by atoms with Crippen LogP contribution in [-0.4, -0.2) is 37.1 Å². The van der Waals surface area contributed by atoms with Crippen molar-refractivity contribution in [1.29, 1.82) is 0 Å². The van der Waals surface area contributed by atoms with Crippen molar-refractivity contribution in [2.75, 3.05) is 26.2 Å². The zero-order valence-corrected chi connectivity index (χ0v) is 14.4. The summed E-state index contributed by atoms with van der Waals surface area (Å²) in [7, 11) is 0. The molecule has 0 spiro atoms. The van der Waals surface area contributed by atoms with Gasteiger partial charge in [-0.1, -0.05) is 24.3 Å². The number of hydrogen-bond acceptors (Lipinski definition) is 3. The average Bonchev–Trinajstić information content (AvgIpc) is 2.78. The smallest absolute Gasteiger partial charge is 0.191 e. The number of benzene rings is 2. The lowest BCUT2D eigenvalue weighted by atomic mass is 10.1. The molecule has 1 N–H and O–H groups in total. The van der Waals surface area contributed by atoms with Gasteiger partial charge in [0.25, 0.3) is 0 Å². The lowest BCUT2D eigenvalue weighted by molar-refractivity contribution is 0.0756. The van der Waals surface area contributed by atoms with Gasteiger partial charge in [0, 0.05) is 25.2 Å². The van der Waals surface area contributed by atoms with E-state index in [4.69, 9.17) is 4.74 Å². The average molecular weight is 362 g/mol. The maximum absolute atomic E-state index is 14.1. The van der Waals surface area contributed by atoms with Crippen LogP contribution < -0.4 is 10.1 Å². The molecular formula is C20H21F3N2O. The number of rotatable bonds is 3. The normalized spacial score (nSPS) is 23.5. The van der Waals surface area contributed by atoms with Crippen LogP contribution >= 0.6 is 0 Å². The van der Waals surface area contributed by atoms with Gasteiger partial charge in [-0.3, -0.25) is 4.90 Å². The lowest BCUT2D eigenvalue weighted by Crippen LogP contribution is -2.42. The number of halogens is 3. The summed E-state index contributed by atoms with van der Waals surface area (Å²) >= 11 is 0. The van der Waals surface area contributed by atoms with E-state index in [0.717, 1.165) is 50.1 Å². The Morgan fingerprint density at radius 3 is 2.58 bits per heavy atom. The molecule has 1 saturated heterocycles. The molecule has 2 aliphatic rings. The van der Waals surface area contributed by atoms with E-state index in [1.54, 1.807) is 0 Å². The number of nitrogens with one attached hydrogen (secondary N) is 1. The predicted molar refractivity (Wildman–Crippen MR) is 92.7 cm³/mol. The van der Waals surface area contributed by atoms with Crippen molar-refractivity contribution in [2.45, 2.75) is 25.0 Å². The van der Waals surface area contributed by atoms with Crippen molar-refractivity contribution < 1.29 is 17.9 Å². The van der Waals surface area contributed by atoms with Gasteiger partial charge in [-0.2, -0.15) is 0 Å². The molecule has 0 saturated carbocycles. The predicted octanol–water partition coefficient (Wildman–Crippen LogP) is 3.44. The van der Waals surface area contributed by atoms with Crippen molar-refractivity contribution in [3.63, 3.8) is 0 Å². The molecule has 1 heterocycles. The van der Waals surface area contributed by atoms with Crippen LogP contribution in [0.4, 0.5) is 13.2 Å². The first-order valence-corrected chi connectivity index (χ1v) is 8.97. The molecule has 26 heavy (non-hydrogen) atoms. The van der Waals surface area contributed by atoms with Crippen LogP contribution in [0.5, 0.6) is 5.75 Å². The Balaban J connectivity index is 1.68. The van der Waals surface area contributed by atoms with E-state index in [1.165, 1.54) is 0 Å². The van der Waals surface area contributed by atoms with Crippen molar-refractivity contribution >= 4 is 0 Å². The van der Waals surface area contributed by atoms with Gasteiger partial charge in [0.1, 0.15) is 11.9 Å². The van der Waals surface area contributed by atoms with Crippen LogP contribution in [0.2, 0.25) is 0 Å². The summed E-state index contributed by atoms with van der Waals surface area (Å²) in [6, 6.07) is 9.14. The molecule has 2 aromatic carbocycles. The molecular weight excluding hydrogens is 341 g/mol. The van der Waals surface area contributed by atoms with Gasteiger partial charge in [0.05, 0.1) is 6.04 Å². The molecule has 138 valence electrons. The van der Waals surface area contributed by atoms with Crippen LogP contribution in [-0.2, 0) is 6.42 Å². The second-order valence-corrected chi connectivity index (χ2v) is 6.85. The highest BCUT2D eigenvalue weighted by molar-refractivity contribution is 5.38. The maximum atomic E-state index is 14.1. The Bertz CT molecular complexity index is 767. The van der Waals surface area contributed by atoms with Crippen molar-refractivity contribution in [3.8, 4) is 5.75 Å². The van der Waals surface area contributed by atoms with Crippen LogP contribution in [0.15, 0.2) is 36.4 Å². The van der Waals surface area contributed by atoms with Gasteiger partial charge < -0.3 is 10.1 Å². The molecule has 1 aliphatic heterocycles. The molecule has 2 aromatic rings. The largest absolute Gasteiger partial charge is 0.478 e. The highest BCUT2D eigenvalue weighted by atomic mass is 19.1. The van der Waals surface area contributed by atoms with Crippen LogP contribution in [0.1, 0.15) is 23.7 Å². The SMILES string of the molecule is Fc1cc(F)c(O[C@@H]2c3ccccc3C[C@H]2N2CCCNCC2)c(F)c1. The number of fused-ring (bicyclic) bond motifs is 1. The van der Waals surface area contributed by atoms with E-state index >= 15 is 0 Å². The van der Waals surface area contributed by atoms with Crippen molar-refractivity contribution in [2.24, 2.45) is 0 Å². The number of ether oxygens (including phenoxy) is 1. The van der Waals surface area contributed by atoms with Crippen LogP contribution in [0, 0.1) is 17.5 Å². The maximum Gasteiger partial charge on any atom is 0.191 e. The fourth-order valence-electron chi connectivity index (χ4n) is 3.97. The van der Waals surface area contributed by atoms with E-state index in [1.807, 2.05) is 24.3 Å². The zero-order chi connectivity index (χ0) is 18.1. The molecule has 1 fully saturated rings. The second-order valence-electron chi connectivity index (χ2n) is 6.85. The topological polar surface area (TPSA) is 24.5 Å². The van der Waals surface area contributed by atoms with E-state index in [2.05, 4.69) is 10.2 Å². The van der Waals surface area contributed by atoms with E-state index in [-0.39, 0.29) is 6.04 Å². The molecule has 3 nitrogen and oxygen atoms in total. The van der Waals surface area contributed by atoms with Gasteiger partial charge in [0.2, 0.25) is 0 Å². The summed E-state index contributed by atoms with van der Waals surface area (Å²) in [5.41, 5.74) is 2.07. The van der Waals surface area contributed by atoms with Gasteiger partial charge >= 0.3 is 0 Å². The van der Waals surface area contributed by atoms with Gasteiger partial charge in [-0.05, 0) is 37.1 Å². The molecule has 2 atom stereocenters. The standard InChI is InChI=1S/C20H21F3N2O/c21-14-11-16(22)20(17(23)12-14)26-19-15-5-2-1-4-13(15)10-18(19)25-8-3-6-24-7-9-25/h1-2,4-5,11-12,18-19,24H,3,6-10H2/t18-,19-/m1/s1. The third-order valence-electron chi connectivity index (χ3n) is 5.19. The minimum Gasteiger partial charge on any atom is -0.478 e. The summed E-state index contributed by atoms with van der Waals surface area (Å²) in [5.74, 6) is -3.48. The second kappa shape index (κ2) is 7.29. The summed E-state index contributed by atoms with van der Waals surface area (Å²) in [6.07, 6.45) is 1.29. The van der Waals surface area contributed by atoms with Gasteiger partial charge in [0.15, 0.2) is 17.4 Å². The fourth-order valence-corrected chi connectivity index (χ4v) is 3.97. The van der Waals surface area contributed by atoms with E-state index in [0.29, 0.717) is 12.1 Å². The molecule has 0 radical (unpaired) electrons. The molecule has 4 rings (SSSR count). The van der Waals surface area contributed by atoms with Gasteiger partial charge in [-0.15, -0.1) is 0 Å². The zero-order valence-electron chi connectivity index (χ0n) is 14.4.